The minimum Gasteiger partial charge on any atom is -0.465 e. The monoisotopic (exact) mass is 440 g/mol. The van der Waals surface area contributed by atoms with Gasteiger partial charge in [-0.05, 0) is 36.8 Å². The first-order valence-electron chi connectivity index (χ1n) is 9.22. The first-order chi connectivity index (χ1) is 14.6. The van der Waals surface area contributed by atoms with Crippen molar-refractivity contribution < 1.29 is 13.9 Å². The van der Waals surface area contributed by atoms with Gasteiger partial charge < -0.3 is 4.74 Å². The van der Waals surface area contributed by atoms with Gasteiger partial charge in [0.15, 0.2) is 5.16 Å². The second-order valence-corrected chi connectivity index (χ2v) is 8.10. The van der Waals surface area contributed by atoms with Crippen molar-refractivity contribution in [1.82, 2.24) is 9.55 Å². The molecule has 4 rings (SSSR count). The third-order valence-electron chi connectivity index (χ3n) is 4.37. The number of esters is 1. The van der Waals surface area contributed by atoms with Crippen molar-refractivity contribution in [3.63, 3.8) is 0 Å². The molecule has 0 N–H and O–H groups in total. The van der Waals surface area contributed by atoms with Crippen molar-refractivity contribution in [2.75, 3.05) is 12.4 Å². The van der Waals surface area contributed by atoms with Crippen LogP contribution in [-0.4, -0.2) is 27.9 Å². The quantitative estimate of drug-likeness (QED) is 0.242. The molecule has 30 heavy (non-hydrogen) atoms. The molecule has 0 aliphatic carbocycles. The predicted molar refractivity (Wildman–Crippen MR) is 118 cm³/mol. The van der Waals surface area contributed by atoms with E-state index in [0.717, 1.165) is 17.3 Å². The topological polar surface area (TPSA) is 61.2 Å². The number of nitrogens with zero attached hydrogens (tertiary/aromatic N) is 2. The summed E-state index contributed by atoms with van der Waals surface area (Å²) in [6.07, 6.45) is 0. The van der Waals surface area contributed by atoms with E-state index in [2.05, 4.69) is 4.98 Å². The van der Waals surface area contributed by atoms with Crippen LogP contribution in [0.25, 0.3) is 27.0 Å². The number of ether oxygens (including phenoxy) is 1. The number of thiophene rings is 1. The number of fused-ring (bicyclic) bond motifs is 1. The van der Waals surface area contributed by atoms with Crippen LogP contribution in [-0.2, 0) is 9.53 Å². The van der Waals surface area contributed by atoms with E-state index in [1.54, 1.807) is 19.1 Å². The number of para-hydroxylation sites is 1. The molecular formula is C22H17FN2O3S2. The van der Waals surface area contributed by atoms with Gasteiger partial charge in [0.25, 0.3) is 5.56 Å². The van der Waals surface area contributed by atoms with E-state index >= 15 is 0 Å². The van der Waals surface area contributed by atoms with Crippen LogP contribution in [0.2, 0.25) is 0 Å². The lowest BCUT2D eigenvalue weighted by atomic mass is 10.1. The zero-order valence-electron chi connectivity index (χ0n) is 16.0. The highest BCUT2D eigenvalue weighted by molar-refractivity contribution is 7.99. The average Bonchev–Trinajstić information content (AvgIpc) is 3.18. The van der Waals surface area contributed by atoms with E-state index in [-0.39, 0.29) is 23.1 Å². The Kier molecular flexibility index (Phi) is 5.96. The summed E-state index contributed by atoms with van der Waals surface area (Å²) in [6, 6.07) is 15.2. The molecule has 5 nitrogen and oxygen atoms in total. The molecule has 0 unspecified atom stereocenters. The molecule has 8 heteroatoms. The minimum atomic E-state index is -0.366. The van der Waals surface area contributed by atoms with Crippen molar-refractivity contribution in [2.24, 2.45) is 0 Å². The summed E-state index contributed by atoms with van der Waals surface area (Å²) in [7, 11) is 0. The summed E-state index contributed by atoms with van der Waals surface area (Å²) in [6.45, 7) is 2.04. The van der Waals surface area contributed by atoms with Gasteiger partial charge in [0.2, 0.25) is 0 Å². The number of hydrogen-bond acceptors (Lipinski definition) is 6. The Balaban J connectivity index is 1.88. The Bertz CT molecular complexity index is 1250. The van der Waals surface area contributed by atoms with Gasteiger partial charge in [0.05, 0.1) is 23.4 Å². The molecule has 2 heterocycles. The molecule has 2 aromatic carbocycles. The van der Waals surface area contributed by atoms with Gasteiger partial charge in [-0.2, -0.15) is 0 Å². The van der Waals surface area contributed by atoms with Gasteiger partial charge >= 0.3 is 5.97 Å². The normalized spacial score (nSPS) is 11.0. The third-order valence-corrected chi connectivity index (χ3v) is 6.16. The molecular weight excluding hydrogens is 423 g/mol. The second-order valence-electron chi connectivity index (χ2n) is 6.30. The Morgan fingerprint density at radius 2 is 1.90 bits per heavy atom. The number of carbonyl (C=O) groups excluding carboxylic acids is 1. The van der Waals surface area contributed by atoms with E-state index in [9.17, 15) is 14.0 Å². The highest BCUT2D eigenvalue weighted by Crippen LogP contribution is 2.33. The maximum absolute atomic E-state index is 13.6. The number of aromatic nitrogens is 2. The number of carbonyl (C=O) groups is 1. The predicted octanol–water partition coefficient (Wildman–Crippen LogP) is 4.91. The number of rotatable bonds is 6. The fraction of sp³-hybridized carbons (Fsp3) is 0.136. The SMILES string of the molecule is CCOC(=O)CSc1nc2scc(-c3ccc(F)cc3)c2c(=O)n1-c1ccccc1. The number of halogens is 1. The smallest absolute Gasteiger partial charge is 0.316 e. The Labute approximate surface area is 180 Å². The molecule has 152 valence electrons. The van der Waals surface area contributed by atoms with Crippen LogP contribution in [0.1, 0.15) is 6.92 Å². The first-order valence-corrected chi connectivity index (χ1v) is 11.1. The zero-order chi connectivity index (χ0) is 21.1. The lowest BCUT2D eigenvalue weighted by molar-refractivity contribution is -0.139. The standard InChI is InChI=1S/C22H17FN2O3S2/c1-2-28-18(26)13-30-22-24-20-19(21(27)25(22)16-6-4-3-5-7-16)17(12-29-20)14-8-10-15(23)11-9-14/h3-12H,2,13H2,1H3. The molecule has 2 aromatic heterocycles. The summed E-state index contributed by atoms with van der Waals surface area (Å²) >= 11 is 2.50. The van der Waals surface area contributed by atoms with E-state index in [1.165, 1.54) is 28.0 Å². The summed E-state index contributed by atoms with van der Waals surface area (Å²) in [5, 5.41) is 2.73. The van der Waals surface area contributed by atoms with Gasteiger partial charge in [-0.25, -0.2) is 9.37 Å². The second kappa shape index (κ2) is 8.81. The Morgan fingerprint density at radius 1 is 1.17 bits per heavy atom. The van der Waals surface area contributed by atoms with Crippen molar-refractivity contribution in [3.05, 3.63) is 76.1 Å². The van der Waals surface area contributed by atoms with E-state index in [0.29, 0.717) is 33.2 Å². The molecule has 4 aromatic rings. The van der Waals surface area contributed by atoms with E-state index < -0.39 is 0 Å². The van der Waals surface area contributed by atoms with Gasteiger partial charge in [-0.3, -0.25) is 14.2 Å². The van der Waals surface area contributed by atoms with E-state index in [4.69, 9.17) is 4.74 Å². The van der Waals surface area contributed by atoms with Crippen LogP contribution < -0.4 is 5.56 Å². The minimum absolute atomic E-state index is 0.0504. The van der Waals surface area contributed by atoms with Crippen LogP contribution in [0.4, 0.5) is 4.39 Å². The van der Waals surface area contributed by atoms with Gasteiger partial charge in [-0.1, -0.05) is 42.1 Å². The van der Waals surface area contributed by atoms with Gasteiger partial charge in [-0.15, -0.1) is 11.3 Å². The van der Waals surface area contributed by atoms with Crippen LogP contribution in [0, 0.1) is 5.82 Å². The lowest BCUT2D eigenvalue weighted by Gasteiger charge is -2.12. The highest BCUT2D eigenvalue weighted by Gasteiger charge is 2.19. The van der Waals surface area contributed by atoms with Crippen molar-refractivity contribution in [3.8, 4) is 16.8 Å². The molecule has 0 fully saturated rings. The van der Waals surface area contributed by atoms with Crippen molar-refractivity contribution in [2.45, 2.75) is 12.1 Å². The summed E-state index contributed by atoms with van der Waals surface area (Å²) in [5.74, 6) is -0.653. The summed E-state index contributed by atoms with van der Waals surface area (Å²) in [4.78, 5) is 30.6. The molecule has 0 amide bonds. The fourth-order valence-corrected chi connectivity index (χ4v) is 4.84. The molecule has 0 aliphatic rings. The summed E-state index contributed by atoms with van der Waals surface area (Å²) < 4.78 is 19.9. The van der Waals surface area contributed by atoms with Crippen molar-refractivity contribution in [1.29, 1.82) is 0 Å². The van der Waals surface area contributed by atoms with Crippen LogP contribution in [0.3, 0.4) is 0 Å². The number of benzene rings is 2. The van der Waals surface area contributed by atoms with Crippen molar-refractivity contribution >= 4 is 39.3 Å². The summed E-state index contributed by atoms with van der Waals surface area (Å²) in [5.41, 5.74) is 1.87. The van der Waals surface area contributed by atoms with Gasteiger partial charge in [0.1, 0.15) is 10.6 Å². The molecule has 0 atom stereocenters. The fourth-order valence-electron chi connectivity index (χ4n) is 3.04. The third kappa shape index (κ3) is 4.01. The largest absolute Gasteiger partial charge is 0.465 e. The Morgan fingerprint density at radius 3 is 2.60 bits per heavy atom. The average molecular weight is 441 g/mol. The maximum Gasteiger partial charge on any atom is 0.316 e. The molecule has 0 bridgehead atoms. The molecule has 0 aliphatic heterocycles. The molecule has 0 saturated heterocycles. The molecule has 0 radical (unpaired) electrons. The number of hydrogen-bond donors (Lipinski definition) is 0. The number of thioether (sulfide) groups is 1. The maximum atomic E-state index is 13.6. The Hall–Kier alpha value is -2.97. The van der Waals surface area contributed by atoms with Gasteiger partial charge in [0, 0.05) is 10.9 Å². The van der Waals surface area contributed by atoms with Crippen LogP contribution >= 0.6 is 23.1 Å². The first kappa shape index (κ1) is 20.3. The molecule has 0 saturated carbocycles. The van der Waals surface area contributed by atoms with Crippen LogP contribution in [0.5, 0.6) is 0 Å². The zero-order valence-corrected chi connectivity index (χ0v) is 17.6. The molecule has 0 spiro atoms. The highest BCUT2D eigenvalue weighted by atomic mass is 32.2. The lowest BCUT2D eigenvalue weighted by Crippen LogP contribution is -2.22. The van der Waals surface area contributed by atoms with E-state index in [1.807, 2.05) is 35.7 Å². The van der Waals surface area contributed by atoms with Crippen LogP contribution in [0.15, 0.2) is 69.9 Å².